The molecule has 16 heavy (non-hydrogen) atoms. The van der Waals surface area contributed by atoms with E-state index in [1.165, 1.54) is 0 Å². The van der Waals surface area contributed by atoms with E-state index in [-0.39, 0.29) is 12.4 Å². The highest BCUT2D eigenvalue weighted by atomic mass is 35.5. The number of hydrogen-bond donors (Lipinski definition) is 1. The van der Waals surface area contributed by atoms with Gasteiger partial charge in [-0.25, -0.2) is 0 Å². The Bertz CT molecular complexity index is 266. The van der Waals surface area contributed by atoms with Crippen molar-refractivity contribution in [2.24, 2.45) is 11.3 Å². The van der Waals surface area contributed by atoms with Gasteiger partial charge in [-0.1, -0.05) is 13.8 Å². The van der Waals surface area contributed by atoms with Gasteiger partial charge >= 0.3 is 0 Å². The highest BCUT2D eigenvalue weighted by Crippen LogP contribution is 2.55. The molecule has 0 aromatic rings. The zero-order valence-corrected chi connectivity index (χ0v) is 11.3. The van der Waals surface area contributed by atoms with Gasteiger partial charge in [0, 0.05) is 25.6 Å². The van der Waals surface area contributed by atoms with Crippen LogP contribution in [0.1, 0.15) is 33.1 Å². The minimum Gasteiger partial charge on any atom is -0.341 e. The van der Waals surface area contributed by atoms with E-state index >= 15 is 0 Å². The number of nitrogens with one attached hydrogen (secondary N) is 1. The van der Waals surface area contributed by atoms with E-state index in [0.717, 1.165) is 32.4 Å². The average molecular weight is 247 g/mol. The van der Waals surface area contributed by atoms with Crippen molar-refractivity contribution in [3.8, 4) is 0 Å². The van der Waals surface area contributed by atoms with Gasteiger partial charge in [0.15, 0.2) is 0 Å². The average Bonchev–Trinajstić information content (AvgIpc) is 2.69. The van der Waals surface area contributed by atoms with Gasteiger partial charge in [-0.15, -0.1) is 12.4 Å². The molecule has 1 N–H and O–H groups in total. The van der Waals surface area contributed by atoms with Crippen molar-refractivity contribution < 1.29 is 4.79 Å². The summed E-state index contributed by atoms with van der Waals surface area (Å²) in [7, 11) is 1.97. The fraction of sp³-hybridized carbons (Fsp3) is 0.917. The number of carbonyl (C=O) groups is 1. The Balaban J connectivity index is 0.00000128. The fourth-order valence-corrected chi connectivity index (χ4v) is 2.58. The van der Waals surface area contributed by atoms with Gasteiger partial charge in [0.2, 0.25) is 5.91 Å². The van der Waals surface area contributed by atoms with E-state index in [1.807, 2.05) is 11.9 Å². The molecule has 1 saturated carbocycles. The molecule has 2 rings (SSSR count). The van der Waals surface area contributed by atoms with Crippen LogP contribution in [0.2, 0.25) is 0 Å². The van der Waals surface area contributed by atoms with Crippen molar-refractivity contribution in [2.75, 3.05) is 20.1 Å². The zero-order valence-electron chi connectivity index (χ0n) is 10.5. The van der Waals surface area contributed by atoms with Gasteiger partial charge in [0.05, 0.1) is 0 Å². The first-order valence-electron chi connectivity index (χ1n) is 6.06. The van der Waals surface area contributed by atoms with Crippen LogP contribution in [0, 0.1) is 11.3 Å². The molecule has 2 fully saturated rings. The predicted octanol–water partition coefficient (Wildman–Crippen LogP) is 1.66. The summed E-state index contributed by atoms with van der Waals surface area (Å²) in [4.78, 5) is 14.1. The maximum atomic E-state index is 12.2. The topological polar surface area (TPSA) is 32.3 Å². The number of likely N-dealkylation sites (N-methyl/N-ethyl adjacent to an activating group) is 1. The lowest BCUT2D eigenvalue weighted by Crippen LogP contribution is -2.40. The molecule has 0 spiro atoms. The van der Waals surface area contributed by atoms with E-state index in [9.17, 15) is 4.79 Å². The Morgan fingerprint density at radius 2 is 2.25 bits per heavy atom. The third-order valence-corrected chi connectivity index (χ3v) is 4.39. The van der Waals surface area contributed by atoms with E-state index in [1.54, 1.807) is 0 Å². The molecule has 94 valence electrons. The highest BCUT2D eigenvalue weighted by Gasteiger charge is 2.54. The first-order valence-corrected chi connectivity index (χ1v) is 6.06. The van der Waals surface area contributed by atoms with Crippen LogP contribution in [0.25, 0.3) is 0 Å². The second-order valence-electron chi connectivity index (χ2n) is 5.36. The molecular formula is C12H23ClN2O. The van der Waals surface area contributed by atoms with Crippen LogP contribution in [0.3, 0.4) is 0 Å². The maximum absolute atomic E-state index is 12.2. The van der Waals surface area contributed by atoms with Crippen molar-refractivity contribution in [1.29, 1.82) is 0 Å². The van der Waals surface area contributed by atoms with Crippen LogP contribution in [0.4, 0.5) is 0 Å². The third-order valence-electron chi connectivity index (χ3n) is 4.39. The largest absolute Gasteiger partial charge is 0.341 e. The second-order valence-corrected chi connectivity index (χ2v) is 5.36. The lowest BCUT2D eigenvalue weighted by molar-refractivity contribution is -0.133. The highest BCUT2D eigenvalue weighted by molar-refractivity contribution is 5.85. The molecule has 1 aliphatic carbocycles. The molecule has 4 heteroatoms. The smallest absolute Gasteiger partial charge is 0.226 e. The first-order chi connectivity index (χ1) is 7.08. The van der Waals surface area contributed by atoms with E-state index in [0.29, 0.717) is 23.3 Å². The van der Waals surface area contributed by atoms with Gasteiger partial charge in [-0.05, 0) is 31.2 Å². The van der Waals surface area contributed by atoms with Crippen LogP contribution < -0.4 is 5.32 Å². The molecular weight excluding hydrogens is 224 g/mol. The molecule has 3 nitrogen and oxygen atoms in total. The Hall–Kier alpha value is -0.280. The Morgan fingerprint density at radius 3 is 2.69 bits per heavy atom. The lowest BCUT2D eigenvalue weighted by atomic mass is 10.0. The summed E-state index contributed by atoms with van der Waals surface area (Å²) in [6, 6.07) is 0.430. The fourth-order valence-electron chi connectivity index (χ4n) is 2.58. The predicted molar refractivity (Wildman–Crippen MR) is 67.8 cm³/mol. The summed E-state index contributed by atoms with van der Waals surface area (Å²) in [6.07, 6.45) is 3.32. The molecule has 1 heterocycles. The molecule has 0 bridgehead atoms. The minimum atomic E-state index is 0. The zero-order chi connectivity index (χ0) is 11.1. The van der Waals surface area contributed by atoms with Crippen molar-refractivity contribution in [1.82, 2.24) is 10.2 Å². The van der Waals surface area contributed by atoms with Crippen molar-refractivity contribution in [2.45, 2.75) is 39.2 Å². The lowest BCUT2D eigenvalue weighted by Gasteiger charge is -2.24. The first kappa shape index (κ1) is 13.8. The molecule has 1 aliphatic heterocycles. The molecule has 1 saturated heterocycles. The van der Waals surface area contributed by atoms with Crippen LogP contribution in [0.5, 0.6) is 0 Å². The molecule has 0 radical (unpaired) electrons. The summed E-state index contributed by atoms with van der Waals surface area (Å²) in [5.41, 5.74) is 0.303. The molecule has 1 amide bonds. The molecule has 3 atom stereocenters. The summed E-state index contributed by atoms with van der Waals surface area (Å²) in [5.74, 6) is 0.668. The van der Waals surface area contributed by atoms with Gasteiger partial charge in [-0.2, -0.15) is 0 Å². The van der Waals surface area contributed by atoms with Crippen LogP contribution in [-0.4, -0.2) is 37.0 Å². The number of halogens is 1. The normalized spacial score (nSPS) is 36.7. The van der Waals surface area contributed by atoms with Crippen LogP contribution >= 0.6 is 12.4 Å². The van der Waals surface area contributed by atoms with Gasteiger partial charge in [0.25, 0.3) is 0 Å². The summed E-state index contributed by atoms with van der Waals surface area (Å²) >= 11 is 0. The van der Waals surface area contributed by atoms with E-state index < -0.39 is 0 Å². The van der Waals surface area contributed by atoms with Gasteiger partial charge in [0.1, 0.15) is 0 Å². The quantitative estimate of drug-likeness (QED) is 0.822. The summed E-state index contributed by atoms with van der Waals surface area (Å²) in [6.45, 7) is 6.44. The summed E-state index contributed by atoms with van der Waals surface area (Å²) in [5, 5.41) is 3.31. The van der Waals surface area contributed by atoms with Crippen molar-refractivity contribution >= 4 is 18.3 Å². The Morgan fingerprint density at radius 1 is 1.56 bits per heavy atom. The van der Waals surface area contributed by atoms with E-state index in [2.05, 4.69) is 19.2 Å². The van der Waals surface area contributed by atoms with Crippen LogP contribution in [-0.2, 0) is 4.79 Å². The van der Waals surface area contributed by atoms with Crippen LogP contribution in [0.15, 0.2) is 0 Å². The van der Waals surface area contributed by atoms with Gasteiger partial charge < -0.3 is 10.2 Å². The maximum Gasteiger partial charge on any atom is 0.226 e. The third kappa shape index (κ3) is 2.35. The molecule has 3 unspecified atom stereocenters. The monoisotopic (exact) mass is 246 g/mol. The molecule has 2 aliphatic rings. The SMILES string of the molecule is CCC1(C)CC1C(=O)N(C)C1CCNC1.Cl. The number of amides is 1. The molecule has 0 aromatic carbocycles. The number of hydrogen-bond acceptors (Lipinski definition) is 2. The minimum absolute atomic E-state index is 0. The number of carbonyl (C=O) groups excluding carboxylic acids is 1. The molecule has 0 aromatic heterocycles. The Kier molecular flexibility index (Phi) is 4.24. The van der Waals surface area contributed by atoms with Crippen molar-refractivity contribution in [3.05, 3.63) is 0 Å². The van der Waals surface area contributed by atoms with E-state index in [4.69, 9.17) is 0 Å². The Labute approximate surface area is 104 Å². The second kappa shape index (κ2) is 4.92. The summed E-state index contributed by atoms with van der Waals surface area (Å²) < 4.78 is 0. The van der Waals surface area contributed by atoms with Gasteiger partial charge in [-0.3, -0.25) is 4.79 Å². The standard InChI is InChI=1S/C12H22N2O.ClH/c1-4-12(2)7-10(12)11(15)14(3)9-5-6-13-8-9;/h9-10,13H,4-8H2,1-3H3;1H. The van der Waals surface area contributed by atoms with Crippen molar-refractivity contribution in [3.63, 3.8) is 0 Å². The number of rotatable bonds is 3. The number of nitrogens with zero attached hydrogens (tertiary/aromatic N) is 1.